The van der Waals surface area contributed by atoms with Gasteiger partial charge in [-0.15, -0.1) is 0 Å². The molecule has 3 N–H and O–H groups in total. The number of carbonyl (C=O) groups is 1. The largest absolute Gasteiger partial charge is 0.349 e. The van der Waals surface area contributed by atoms with Crippen LogP contribution in [-0.4, -0.2) is 18.0 Å². The molecule has 2 aliphatic carbocycles. The van der Waals surface area contributed by atoms with Crippen LogP contribution in [0, 0.1) is 5.92 Å². The molecule has 0 aliphatic heterocycles. The van der Waals surface area contributed by atoms with Crippen LogP contribution in [0.5, 0.6) is 0 Å². The van der Waals surface area contributed by atoms with Crippen molar-refractivity contribution >= 4 is 5.91 Å². The first kappa shape index (κ1) is 13.9. The molecule has 0 radical (unpaired) electrons. The van der Waals surface area contributed by atoms with E-state index < -0.39 is 0 Å². The number of nitrogens with two attached hydrogens (primary N) is 1. The van der Waals surface area contributed by atoms with Crippen LogP contribution in [0.3, 0.4) is 0 Å². The van der Waals surface area contributed by atoms with E-state index in [1.165, 1.54) is 44.9 Å². The zero-order valence-corrected chi connectivity index (χ0v) is 11.5. The zero-order valence-electron chi connectivity index (χ0n) is 11.5. The molecule has 2 aliphatic rings. The Morgan fingerprint density at radius 3 is 2.11 bits per heavy atom. The van der Waals surface area contributed by atoms with Gasteiger partial charge in [0.15, 0.2) is 0 Å². The summed E-state index contributed by atoms with van der Waals surface area (Å²) in [6, 6.07) is 0. The van der Waals surface area contributed by atoms with Crippen LogP contribution in [0.25, 0.3) is 0 Å². The number of carbonyl (C=O) groups excluding carboxylic acids is 1. The highest BCUT2D eigenvalue weighted by molar-refractivity contribution is 5.79. The second kappa shape index (κ2) is 6.55. The molecule has 0 aromatic rings. The van der Waals surface area contributed by atoms with Gasteiger partial charge in [-0.1, -0.05) is 44.9 Å². The summed E-state index contributed by atoms with van der Waals surface area (Å²) in [6.45, 7) is 0.603. The Hall–Kier alpha value is -0.570. The van der Waals surface area contributed by atoms with Crippen molar-refractivity contribution in [1.82, 2.24) is 5.32 Å². The number of rotatable bonds is 3. The summed E-state index contributed by atoms with van der Waals surface area (Å²) >= 11 is 0. The first-order chi connectivity index (χ1) is 8.76. The van der Waals surface area contributed by atoms with Crippen molar-refractivity contribution in [3.05, 3.63) is 0 Å². The first-order valence-electron chi connectivity index (χ1n) is 7.78. The van der Waals surface area contributed by atoms with E-state index in [1.54, 1.807) is 0 Å². The van der Waals surface area contributed by atoms with E-state index in [9.17, 15) is 4.79 Å². The molecule has 2 rings (SSSR count). The highest BCUT2D eigenvalue weighted by atomic mass is 16.2. The SMILES string of the molecule is NCC1(NC(=O)C2CCCCCCC2)CCCC1. The molecule has 18 heavy (non-hydrogen) atoms. The highest BCUT2D eigenvalue weighted by Crippen LogP contribution is 2.30. The Morgan fingerprint density at radius 1 is 1.00 bits per heavy atom. The van der Waals surface area contributed by atoms with Gasteiger partial charge >= 0.3 is 0 Å². The van der Waals surface area contributed by atoms with Crippen LogP contribution in [0.1, 0.15) is 70.6 Å². The molecule has 0 spiro atoms. The second-order valence-electron chi connectivity index (χ2n) is 6.22. The number of nitrogens with one attached hydrogen (secondary N) is 1. The van der Waals surface area contributed by atoms with Crippen LogP contribution < -0.4 is 11.1 Å². The molecule has 0 unspecified atom stereocenters. The van der Waals surface area contributed by atoms with Gasteiger partial charge in [-0.05, 0) is 25.7 Å². The monoisotopic (exact) mass is 252 g/mol. The number of hydrogen-bond donors (Lipinski definition) is 2. The third kappa shape index (κ3) is 3.47. The van der Waals surface area contributed by atoms with E-state index in [0.29, 0.717) is 6.54 Å². The summed E-state index contributed by atoms with van der Waals surface area (Å²) in [5.41, 5.74) is 5.82. The van der Waals surface area contributed by atoms with Crippen molar-refractivity contribution in [1.29, 1.82) is 0 Å². The Labute approximate surface area is 111 Å². The minimum atomic E-state index is -0.0700. The Bertz CT molecular complexity index is 264. The fraction of sp³-hybridized carbons (Fsp3) is 0.933. The maximum atomic E-state index is 12.4. The van der Waals surface area contributed by atoms with Gasteiger partial charge in [0.05, 0.1) is 5.54 Å². The lowest BCUT2D eigenvalue weighted by atomic mass is 9.89. The van der Waals surface area contributed by atoms with Crippen molar-refractivity contribution in [2.75, 3.05) is 6.54 Å². The van der Waals surface area contributed by atoms with E-state index in [1.807, 2.05) is 0 Å². The van der Waals surface area contributed by atoms with Gasteiger partial charge < -0.3 is 11.1 Å². The lowest BCUT2D eigenvalue weighted by Crippen LogP contribution is -2.53. The lowest BCUT2D eigenvalue weighted by Gasteiger charge is -2.31. The molecule has 2 fully saturated rings. The van der Waals surface area contributed by atoms with Gasteiger partial charge in [0.1, 0.15) is 0 Å². The topological polar surface area (TPSA) is 55.1 Å². The molecule has 1 amide bonds. The summed E-state index contributed by atoms with van der Waals surface area (Å²) in [6.07, 6.45) is 13.1. The first-order valence-corrected chi connectivity index (χ1v) is 7.78. The van der Waals surface area contributed by atoms with Gasteiger partial charge in [-0.2, -0.15) is 0 Å². The van der Waals surface area contributed by atoms with E-state index in [4.69, 9.17) is 5.73 Å². The van der Waals surface area contributed by atoms with Gasteiger partial charge in [-0.3, -0.25) is 4.79 Å². The summed E-state index contributed by atoms with van der Waals surface area (Å²) < 4.78 is 0. The van der Waals surface area contributed by atoms with E-state index >= 15 is 0 Å². The highest BCUT2D eigenvalue weighted by Gasteiger charge is 2.35. The third-order valence-electron chi connectivity index (χ3n) is 4.82. The predicted molar refractivity (Wildman–Crippen MR) is 74.2 cm³/mol. The quantitative estimate of drug-likeness (QED) is 0.811. The minimum Gasteiger partial charge on any atom is -0.349 e. The molecule has 0 heterocycles. The molecular weight excluding hydrogens is 224 g/mol. The van der Waals surface area contributed by atoms with Crippen molar-refractivity contribution in [3.63, 3.8) is 0 Å². The molecular formula is C15H28N2O. The normalized spacial score (nSPS) is 25.4. The Kier molecular flexibility index (Phi) is 5.04. The van der Waals surface area contributed by atoms with Crippen LogP contribution in [0.2, 0.25) is 0 Å². The average molecular weight is 252 g/mol. The van der Waals surface area contributed by atoms with Crippen molar-refractivity contribution < 1.29 is 4.79 Å². The zero-order chi connectivity index (χ0) is 12.8. The summed E-state index contributed by atoms with van der Waals surface area (Å²) in [4.78, 5) is 12.4. The molecule has 0 bridgehead atoms. The van der Waals surface area contributed by atoms with Gasteiger partial charge in [0.2, 0.25) is 5.91 Å². The summed E-state index contributed by atoms with van der Waals surface area (Å²) in [5, 5.41) is 3.30. The van der Waals surface area contributed by atoms with Crippen molar-refractivity contribution in [3.8, 4) is 0 Å². The maximum absolute atomic E-state index is 12.4. The molecule has 0 saturated heterocycles. The molecule has 2 saturated carbocycles. The molecule has 0 aromatic heterocycles. The van der Waals surface area contributed by atoms with Crippen LogP contribution in [0.15, 0.2) is 0 Å². The maximum Gasteiger partial charge on any atom is 0.223 e. The molecule has 0 atom stereocenters. The molecule has 3 nitrogen and oxygen atoms in total. The second-order valence-corrected chi connectivity index (χ2v) is 6.22. The fourth-order valence-corrected chi connectivity index (χ4v) is 3.51. The number of hydrogen-bond acceptors (Lipinski definition) is 2. The Morgan fingerprint density at radius 2 is 1.56 bits per heavy atom. The summed E-state index contributed by atoms with van der Waals surface area (Å²) in [5.74, 6) is 0.526. The predicted octanol–water partition coefficient (Wildman–Crippen LogP) is 2.73. The van der Waals surface area contributed by atoms with Crippen LogP contribution in [0.4, 0.5) is 0 Å². The molecule has 0 aromatic carbocycles. The van der Waals surface area contributed by atoms with Gasteiger partial charge in [0.25, 0.3) is 0 Å². The Balaban J connectivity index is 1.88. The minimum absolute atomic E-state index is 0.0700. The summed E-state index contributed by atoms with van der Waals surface area (Å²) in [7, 11) is 0. The molecule has 3 heteroatoms. The fourth-order valence-electron chi connectivity index (χ4n) is 3.51. The van der Waals surface area contributed by atoms with E-state index in [2.05, 4.69) is 5.32 Å². The van der Waals surface area contributed by atoms with Crippen molar-refractivity contribution in [2.45, 2.75) is 76.2 Å². The average Bonchev–Trinajstić information content (AvgIpc) is 2.77. The van der Waals surface area contributed by atoms with E-state index in [-0.39, 0.29) is 17.4 Å². The smallest absolute Gasteiger partial charge is 0.223 e. The standard InChI is InChI=1S/C15H28N2O/c16-12-15(10-6-7-11-15)17-14(18)13-8-4-2-1-3-5-9-13/h13H,1-12,16H2,(H,17,18). The van der Waals surface area contributed by atoms with Crippen LogP contribution in [-0.2, 0) is 4.79 Å². The lowest BCUT2D eigenvalue weighted by molar-refractivity contribution is -0.127. The van der Waals surface area contributed by atoms with E-state index in [0.717, 1.165) is 25.7 Å². The van der Waals surface area contributed by atoms with Crippen molar-refractivity contribution in [2.24, 2.45) is 11.7 Å². The van der Waals surface area contributed by atoms with Gasteiger partial charge in [0, 0.05) is 12.5 Å². The van der Waals surface area contributed by atoms with Crippen LogP contribution >= 0.6 is 0 Å². The third-order valence-corrected chi connectivity index (χ3v) is 4.82. The molecule has 104 valence electrons. The van der Waals surface area contributed by atoms with Gasteiger partial charge in [-0.25, -0.2) is 0 Å². The number of amides is 1.